The summed E-state index contributed by atoms with van der Waals surface area (Å²) in [5.41, 5.74) is 0. The number of alkyl halides is 18. The zero-order chi connectivity index (χ0) is 29.1. The van der Waals surface area contributed by atoms with Crippen molar-refractivity contribution in [1.82, 2.24) is 0 Å². The van der Waals surface area contributed by atoms with E-state index in [-0.39, 0.29) is 38.5 Å². The van der Waals surface area contributed by atoms with Crippen molar-refractivity contribution in [2.75, 3.05) is 0 Å². The van der Waals surface area contributed by atoms with Crippen LogP contribution in [-0.2, 0) is 0 Å². The van der Waals surface area contributed by atoms with Gasteiger partial charge in [-0.25, -0.2) is 0 Å². The first-order valence-electron chi connectivity index (χ1n) is 10.1. The summed E-state index contributed by atoms with van der Waals surface area (Å²) in [5.74, 6) is -38.8. The maximum atomic E-state index is 13.3. The third-order valence-electron chi connectivity index (χ3n) is 5.15. The lowest BCUT2D eigenvalue weighted by Crippen LogP contribution is -2.60. The van der Waals surface area contributed by atoms with E-state index in [9.17, 15) is 79.0 Å². The smallest absolute Gasteiger partial charge is 0.200 e. The Kier molecular flexibility index (Phi) is 10.8. The molecule has 0 N–H and O–H groups in total. The zero-order valence-corrected chi connectivity index (χ0v) is 17.9. The molecule has 0 aliphatic carbocycles. The Bertz CT molecular complexity index is 615. The van der Waals surface area contributed by atoms with Crippen LogP contribution in [0.1, 0.15) is 64.2 Å². The first-order chi connectivity index (χ1) is 15.7. The number of halogens is 18. The van der Waals surface area contributed by atoms with Gasteiger partial charge in [0.1, 0.15) is 0 Å². The highest BCUT2D eigenvalue weighted by molar-refractivity contribution is 5.01. The van der Waals surface area contributed by atoms with Gasteiger partial charge in [0.15, 0.2) is 0 Å². The molecule has 36 heavy (non-hydrogen) atoms. The Morgan fingerprint density at radius 2 is 0.444 bits per heavy atom. The Hall–Kier alpha value is -1.26. The third kappa shape index (κ3) is 7.19. The van der Waals surface area contributed by atoms with Crippen LogP contribution < -0.4 is 0 Å². The van der Waals surface area contributed by atoms with Crippen LogP contribution >= 0.6 is 0 Å². The molecule has 0 nitrogen and oxygen atoms in total. The molecule has 0 aromatic heterocycles. The predicted octanol–water partition coefficient (Wildman–Crippen LogP) is 9.82. The molecule has 0 spiro atoms. The van der Waals surface area contributed by atoms with Crippen LogP contribution in [0.3, 0.4) is 0 Å². The van der Waals surface area contributed by atoms with Crippen molar-refractivity contribution in [2.45, 2.75) is 112 Å². The van der Waals surface area contributed by atoms with Gasteiger partial charge in [0.2, 0.25) is 0 Å². The van der Waals surface area contributed by atoms with Gasteiger partial charge in [-0.2, -0.15) is 79.0 Å². The van der Waals surface area contributed by atoms with Crippen LogP contribution in [-0.4, -0.2) is 47.9 Å². The molecule has 0 radical (unpaired) electrons. The molecule has 0 aliphatic rings. The molecule has 0 rings (SSSR count). The second-order valence-corrected chi connectivity index (χ2v) is 8.03. The van der Waals surface area contributed by atoms with E-state index in [1.807, 2.05) is 0 Å². The lowest BCUT2D eigenvalue weighted by molar-refractivity contribution is -0.396. The van der Waals surface area contributed by atoms with Crippen molar-refractivity contribution in [1.29, 1.82) is 0 Å². The van der Waals surface area contributed by atoms with Gasteiger partial charge in [0.05, 0.1) is 0 Å². The van der Waals surface area contributed by atoms with Crippen LogP contribution in [0.2, 0.25) is 0 Å². The van der Waals surface area contributed by atoms with Crippen LogP contribution in [0.4, 0.5) is 79.0 Å². The summed E-state index contributed by atoms with van der Waals surface area (Å²) in [6, 6.07) is 0. The fourth-order valence-electron chi connectivity index (χ4n) is 2.88. The van der Waals surface area contributed by atoms with E-state index in [0.29, 0.717) is 0 Å². The summed E-state index contributed by atoms with van der Waals surface area (Å²) >= 11 is 0. The highest BCUT2D eigenvalue weighted by atomic mass is 19.4. The molecule has 0 fully saturated rings. The minimum absolute atomic E-state index is 0.0549. The molecule has 0 unspecified atom stereocenters. The Balaban J connectivity index is 4.41. The van der Waals surface area contributed by atoms with Gasteiger partial charge in [-0.15, -0.1) is 0 Å². The molecule has 218 valence electrons. The molecule has 0 amide bonds. The summed E-state index contributed by atoms with van der Waals surface area (Å²) in [7, 11) is 0. The van der Waals surface area contributed by atoms with E-state index in [2.05, 4.69) is 0 Å². The van der Waals surface area contributed by atoms with Crippen molar-refractivity contribution in [2.24, 2.45) is 0 Å². The van der Waals surface area contributed by atoms with Crippen LogP contribution in [0.15, 0.2) is 0 Å². The maximum absolute atomic E-state index is 13.3. The Morgan fingerprint density at radius 3 is 0.639 bits per heavy atom. The lowest BCUT2D eigenvalue weighted by atomic mass is 9.97. The van der Waals surface area contributed by atoms with Crippen molar-refractivity contribution in [3.8, 4) is 0 Å². The van der Waals surface area contributed by atoms with Gasteiger partial charge in [0.25, 0.3) is 0 Å². The van der Waals surface area contributed by atoms with Crippen molar-refractivity contribution >= 4 is 0 Å². The summed E-state index contributed by atoms with van der Waals surface area (Å²) in [6.45, 7) is 0. The molecule has 18 heteroatoms. The van der Waals surface area contributed by atoms with E-state index in [0.717, 1.165) is 0 Å². The summed E-state index contributed by atoms with van der Waals surface area (Å²) in [5, 5.41) is 0. The van der Waals surface area contributed by atoms with Crippen LogP contribution in [0.5, 0.6) is 0 Å². The molecule has 0 atom stereocenters. The molecule has 0 aromatic rings. The molecule has 0 aliphatic heterocycles. The minimum Gasteiger partial charge on any atom is -0.200 e. The predicted molar refractivity (Wildman–Crippen MR) is 88.0 cm³/mol. The van der Waals surface area contributed by atoms with Gasteiger partial charge in [-0.3, -0.25) is 0 Å². The average Bonchev–Trinajstić information content (AvgIpc) is 2.66. The van der Waals surface area contributed by atoms with Crippen molar-refractivity contribution in [3.63, 3.8) is 0 Å². The molecular formula is C18H20F18. The molecule has 0 aromatic carbocycles. The van der Waals surface area contributed by atoms with Gasteiger partial charge < -0.3 is 0 Å². The molecule has 0 saturated carbocycles. The number of rotatable bonds is 15. The largest absolute Gasteiger partial charge is 0.460 e. The summed E-state index contributed by atoms with van der Waals surface area (Å²) in [6.07, 6.45) is -20.4. The number of unbranched alkanes of at least 4 members (excludes halogenated alkanes) is 7. The van der Waals surface area contributed by atoms with E-state index in [4.69, 9.17) is 0 Å². The minimum atomic E-state index is -6.99. The highest BCUT2D eigenvalue weighted by Crippen LogP contribution is 2.55. The normalized spacial score (nSPS) is 15.5. The van der Waals surface area contributed by atoms with E-state index < -0.39 is 73.6 Å². The average molecular weight is 578 g/mol. The Labute approximate surface area is 192 Å². The highest BCUT2D eigenvalue weighted by Gasteiger charge is 2.82. The Morgan fingerprint density at radius 1 is 0.250 bits per heavy atom. The SMILES string of the molecule is FC(F)(F)C(F)(F)C(F)(F)C(F)(F)CCCCCCCCCCC(F)(F)C(F)(F)C(F)(F)C(F)(F)F. The fourth-order valence-corrected chi connectivity index (χ4v) is 2.88. The quantitative estimate of drug-likeness (QED) is 0.134. The summed E-state index contributed by atoms with van der Waals surface area (Å²) in [4.78, 5) is 0. The molecule has 0 heterocycles. The maximum Gasteiger partial charge on any atom is 0.460 e. The van der Waals surface area contributed by atoms with E-state index in [1.54, 1.807) is 0 Å². The number of hydrogen-bond acceptors (Lipinski definition) is 0. The lowest BCUT2D eigenvalue weighted by Gasteiger charge is -2.33. The molecular weight excluding hydrogens is 558 g/mol. The molecule has 0 saturated heterocycles. The number of hydrogen-bond donors (Lipinski definition) is 0. The van der Waals surface area contributed by atoms with Gasteiger partial charge in [-0.05, 0) is 12.8 Å². The first-order valence-corrected chi connectivity index (χ1v) is 10.1. The van der Waals surface area contributed by atoms with Gasteiger partial charge in [0, 0.05) is 12.8 Å². The van der Waals surface area contributed by atoms with E-state index >= 15 is 0 Å². The van der Waals surface area contributed by atoms with Gasteiger partial charge >= 0.3 is 47.9 Å². The second kappa shape index (κ2) is 11.2. The standard InChI is InChI=1S/C18H20F18/c19-11(20,13(23,24)15(27,28)17(31,32)33)9-7-5-3-1-2-4-6-8-10-12(21,22)14(25,26)16(29,30)18(34,35)36/h1-10H2. The van der Waals surface area contributed by atoms with Crippen molar-refractivity contribution in [3.05, 3.63) is 0 Å². The van der Waals surface area contributed by atoms with Crippen molar-refractivity contribution < 1.29 is 79.0 Å². The molecule has 0 bridgehead atoms. The first kappa shape index (κ1) is 34.7. The second-order valence-electron chi connectivity index (χ2n) is 8.03. The monoisotopic (exact) mass is 578 g/mol. The van der Waals surface area contributed by atoms with E-state index in [1.165, 1.54) is 0 Å². The van der Waals surface area contributed by atoms with Crippen LogP contribution in [0.25, 0.3) is 0 Å². The topological polar surface area (TPSA) is 0 Å². The zero-order valence-electron chi connectivity index (χ0n) is 17.9. The summed E-state index contributed by atoms with van der Waals surface area (Å²) < 4.78 is 228. The fraction of sp³-hybridized carbons (Fsp3) is 1.00. The van der Waals surface area contributed by atoms with Gasteiger partial charge in [-0.1, -0.05) is 38.5 Å². The van der Waals surface area contributed by atoms with Crippen LogP contribution in [0, 0.1) is 0 Å². The third-order valence-corrected chi connectivity index (χ3v) is 5.15.